The van der Waals surface area contributed by atoms with Crippen molar-refractivity contribution in [1.29, 1.82) is 0 Å². The number of fused-ring (bicyclic) bond motifs is 2. The van der Waals surface area contributed by atoms with Crippen molar-refractivity contribution in [1.82, 2.24) is 25.3 Å². The molecule has 3 aliphatic heterocycles. The predicted octanol–water partition coefficient (Wildman–Crippen LogP) is 2.40. The number of thioether (sulfide) groups is 2. The maximum absolute atomic E-state index is 13.0. The van der Waals surface area contributed by atoms with Crippen molar-refractivity contribution in [3.63, 3.8) is 0 Å². The van der Waals surface area contributed by atoms with E-state index in [0.717, 1.165) is 14.2 Å². The molecule has 12 nitrogen and oxygen atoms in total. The van der Waals surface area contributed by atoms with E-state index in [0.29, 0.717) is 22.1 Å². The molecule has 2 unspecified atom stereocenters. The van der Waals surface area contributed by atoms with E-state index >= 15 is 0 Å². The number of carboxylic acids is 2. The molecule has 3 atom stereocenters. The highest BCUT2D eigenvalue weighted by atomic mass is 32.2. The SMILES string of the molecule is Cc1nnc(SCC2=C(C(=O)O)N3C(=O)C(NC(=S)CCCC(C(=O)O)N4C(=O)c5ccccc5C4=O)[C@@H]3SC2)s1. The number of benzene rings is 1. The van der Waals surface area contributed by atoms with Crippen molar-refractivity contribution >= 4 is 81.7 Å². The van der Waals surface area contributed by atoms with Crippen molar-refractivity contribution in [2.75, 3.05) is 11.5 Å². The highest BCUT2D eigenvalue weighted by Gasteiger charge is 2.53. The van der Waals surface area contributed by atoms with Crippen molar-refractivity contribution in [2.24, 2.45) is 0 Å². The molecule has 1 aromatic heterocycles. The maximum Gasteiger partial charge on any atom is 0.352 e. The summed E-state index contributed by atoms with van der Waals surface area (Å²) in [6.45, 7) is 1.83. The molecule has 5 rings (SSSR count). The van der Waals surface area contributed by atoms with Crippen molar-refractivity contribution in [3.8, 4) is 0 Å². The van der Waals surface area contributed by atoms with Gasteiger partial charge in [0.25, 0.3) is 17.7 Å². The third kappa shape index (κ3) is 5.60. The predicted molar refractivity (Wildman–Crippen MR) is 155 cm³/mol. The number of amides is 3. The Kier molecular flexibility index (Phi) is 8.45. The fourth-order valence-electron chi connectivity index (χ4n) is 4.84. The molecule has 41 heavy (non-hydrogen) atoms. The standard InChI is InChI=1S/C25H23N5O7S4/c1-11-27-28-25(41-11)40-10-12-9-39-22-17(21(33)30(22)18(12)24(36)37)26-16(38)8-4-7-15(23(34)35)29-19(31)13-5-2-3-6-14(13)20(29)32/h2-3,5-6,15,17,22H,4,7-10H2,1H3,(H,26,38)(H,34,35)(H,36,37)/t15?,17?,22-/m0/s1. The van der Waals surface area contributed by atoms with Crippen LogP contribution in [0.25, 0.3) is 0 Å². The van der Waals surface area contributed by atoms with Gasteiger partial charge in [-0.3, -0.25) is 24.2 Å². The first-order valence-electron chi connectivity index (χ1n) is 12.4. The van der Waals surface area contributed by atoms with Gasteiger partial charge in [-0.15, -0.1) is 22.0 Å². The molecule has 0 saturated carbocycles. The maximum atomic E-state index is 13.0. The molecule has 3 N–H and O–H groups in total. The number of hydrogen-bond donors (Lipinski definition) is 3. The number of carbonyl (C=O) groups excluding carboxylic acids is 3. The van der Waals surface area contributed by atoms with Gasteiger partial charge in [0.2, 0.25) is 0 Å². The third-order valence-corrected chi connectivity index (χ3v) is 10.5. The highest BCUT2D eigenvalue weighted by Crippen LogP contribution is 2.42. The van der Waals surface area contributed by atoms with E-state index < -0.39 is 47.1 Å². The highest BCUT2D eigenvalue weighted by molar-refractivity contribution is 8.01. The number of aromatic nitrogens is 2. The van der Waals surface area contributed by atoms with E-state index in [2.05, 4.69) is 15.5 Å². The number of β-lactam (4-membered cyclic amide) rings is 1. The van der Waals surface area contributed by atoms with Crippen LogP contribution in [0.2, 0.25) is 0 Å². The molecule has 1 saturated heterocycles. The Morgan fingerprint density at radius 2 is 1.85 bits per heavy atom. The zero-order valence-electron chi connectivity index (χ0n) is 21.4. The molecule has 0 radical (unpaired) electrons. The van der Waals surface area contributed by atoms with Gasteiger partial charge in [-0.2, -0.15) is 0 Å². The molecule has 3 amide bonds. The lowest BCUT2D eigenvalue weighted by molar-refractivity contribution is -0.148. The lowest BCUT2D eigenvalue weighted by Gasteiger charge is -2.49. The van der Waals surface area contributed by atoms with E-state index in [9.17, 15) is 34.2 Å². The summed E-state index contributed by atoms with van der Waals surface area (Å²) in [5.74, 6) is -3.39. The molecule has 1 aromatic carbocycles. The summed E-state index contributed by atoms with van der Waals surface area (Å²) < 4.78 is 0.722. The minimum Gasteiger partial charge on any atom is -0.480 e. The minimum absolute atomic E-state index is 0.0212. The van der Waals surface area contributed by atoms with Crippen LogP contribution in [0.15, 0.2) is 39.9 Å². The number of nitrogens with zero attached hydrogens (tertiary/aromatic N) is 4. The van der Waals surface area contributed by atoms with Crippen LogP contribution in [0.1, 0.15) is 45.0 Å². The van der Waals surface area contributed by atoms with Gasteiger partial charge in [-0.25, -0.2) is 9.59 Å². The van der Waals surface area contributed by atoms with Crippen LogP contribution in [0, 0.1) is 6.92 Å². The smallest absolute Gasteiger partial charge is 0.352 e. The van der Waals surface area contributed by atoms with Gasteiger partial charge in [-0.1, -0.05) is 47.4 Å². The van der Waals surface area contributed by atoms with Gasteiger partial charge in [0.05, 0.1) is 16.1 Å². The molecular formula is C25H23N5O7S4. The summed E-state index contributed by atoms with van der Waals surface area (Å²) in [4.78, 5) is 64.9. The average Bonchev–Trinajstić information content (AvgIpc) is 3.47. The van der Waals surface area contributed by atoms with Crippen LogP contribution in [-0.4, -0.2) is 93.8 Å². The van der Waals surface area contributed by atoms with Crippen LogP contribution < -0.4 is 5.32 Å². The second-order valence-corrected chi connectivity index (χ2v) is 13.4. The lowest BCUT2D eigenvalue weighted by atomic mass is 10.0. The normalized spacial score (nSPS) is 20.5. The number of imide groups is 1. The molecule has 3 aliphatic rings. The number of hydrogen-bond acceptors (Lipinski definition) is 11. The quantitative estimate of drug-likeness (QED) is 0.143. The molecule has 1 fully saturated rings. The first-order valence-corrected chi connectivity index (χ1v) is 15.7. The number of aliphatic carboxylic acids is 2. The third-order valence-electron chi connectivity index (χ3n) is 6.75. The molecule has 2 aromatic rings. The van der Waals surface area contributed by atoms with Crippen molar-refractivity contribution < 1.29 is 34.2 Å². The summed E-state index contributed by atoms with van der Waals surface area (Å²) in [5.41, 5.74) is 0.942. The fourth-order valence-corrected chi connectivity index (χ4v) is 8.41. The zero-order chi connectivity index (χ0) is 29.4. The summed E-state index contributed by atoms with van der Waals surface area (Å²) in [6, 6.07) is 4.12. The Balaban J connectivity index is 1.16. The lowest BCUT2D eigenvalue weighted by Crippen LogP contribution is -2.70. The average molecular weight is 634 g/mol. The Morgan fingerprint density at radius 3 is 2.44 bits per heavy atom. The number of rotatable bonds is 11. The van der Waals surface area contributed by atoms with Crippen LogP contribution in [-0.2, 0) is 14.4 Å². The Hall–Kier alpha value is -3.34. The van der Waals surface area contributed by atoms with E-state index in [-0.39, 0.29) is 36.1 Å². The Labute approximate surface area is 251 Å². The number of aryl methyl sites for hydroxylation is 1. The summed E-state index contributed by atoms with van der Waals surface area (Å²) in [6.07, 6.45) is 0.437. The second-order valence-electron chi connectivity index (χ2n) is 9.36. The first kappa shape index (κ1) is 29.2. The van der Waals surface area contributed by atoms with Crippen molar-refractivity contribution in [2.45, 2.75) is 48.0 Å². The number of nitrogens with one attached hydrogen (secondary N) is 1. The summed E-state index contributed by atoms with van der Waals surface area (Å²) >= 11 is 9.63. The molecule has 0 spiro atoms. The Morgan fingerprint density at radius 1 is 1.17 bits per heavy atom. The van der Waals surface area contributed by atoms with E-state index in [1.807, 2.05) is 6.92 Å². The molecule has 214 valence electrons. The number of carbonyl (C=O) groups is 5. The molecule has 16 heteroatoms. The summed E-state index contributed by atoms with van der Waals surface area (Å²) in [5, 5.41) is 31.0. The topological polar surface area (TPSA) is 170 Å². The van der Waals surface area contributed by atoms with Crippen LogP contribution in [0.3, 0.4) is 0 Å². The van der Waals surface area contributed by atoms with Gasteiger partial charge in [0.15, 0.2) is 4.34 Å². The number of carboxylic acid groups (broad SMARTS) is 2. The van der Waals surface area contributed by atoms with Crippen molar-refractivity contribution in [3.05, 3.63) is 51.7 Å². The van der Waals surface area contributed by atoms with Gasteiger partial charge in [0.1, 0.15) is 28.2 Å². The van der Waals surface area contributed by atoms with E-state index in [1.165, 1.54) is 51.9 Å². The molecule has 0 aliphatic carbocycles. The summed E-state index contributed by atoms with van der Waals surface area (Å²) in [7, 11) is 0. The van der Waals surface area contributed by atoms with Gasteiger partial charge < -0.3 is 15.5 Å². The van der Waals surface area contributed by atoms with Crippen LogP contribution in [0.4, 0.5) is 0 Å². The molecular weight excluding hydrogens is 611 g/mol. The second kappa shape index (κ2) is 11.9. The van der Waals surface area contributed by atoms with Gasteiger partial charge in [0, 0.05) is 11.5 Å². The number of thiocarbonyl (C=S) groups is 1. The van der Waals surface area contributed by atoms with Gasteiger partial charge >= 0.3 is 11.9 Å². The monoisotopic (exact) mass is 633 g/mol. The first-order chi connectivity index (χ1) is 19.6. The molecule has 0 bridgehead atoms. The fraction of sp³-hybridized carbons (Fsp3) is 0.360. The minimum atomic E-state index is -1.36. The largest absolute Gasteiger partial charge is 0.480 e. The Bertz CT molecular complexity index is 1470. The zero-order valence-corrected chi connectivity index (χ0v) is 24.7. The molecule has 4 heterocycles. The van der Waals surface area contributed by atoms with E-state index in [4.69, 9.17) is 12.2 Å². The van der Waals surface area contributed by atoms with Crippen LogP contribution >= 0.6 is 47.1 Å². The van der Waals surface area contributed by atoms with E-state index in [1.54, 1.807) is 12.1 Å². The van der Waals surface area contributed by atoms with Gasteiger partial charge in [-0.05, 0) is 43.9 Å². The van der Waals surface area contributed by atoms with Crippen LogP contribution in [0.5, 0.6) is 0 Å².